The molecular formula is C18H22ClF3N4O2. The number of alkyl halides is 3. The van der Waals surface area contributed by atoms with E-state index < -0.39 is 11.7 Å². The number of rotatable bonds is 2. The van der Waals surface area contributed by atoms with E-state index in [4.69, 9.17) is 11.6 Å². The van der Waals surface area contributed by atoms with Crippen LogP contribution < -0.4 is 4.90 Å². The molecule has 1 aromatic rings. The van der Waals surface area contributed by atoms with E-state index in [1.807, 2.05) is 4.90 Å². The summed E-state index contributed by atoms with van der Waals surface area (Å²) < 4.78 is 38.3. The van der Waals surface area contributed by atoms with Crippen LogP contribution in [-0.4, -0.2) is 65.9 Å². The Labute approximate surface area is 166 Å². The van der Waals surface area contributed by atoms with Gasteiger partial charge in [0.05, 0.1) is 10.6 Å². The summed E-state index contributed by atoms with van der Waals surface area (Å²) in [6.45, 7) is 4.68. The molecule has 0 unspecified atom stereocenters. The van der Waals surface area contributed by atoms with Crippen molar-refractivity contribution in [2.45, 2.75) is 25.9 Å². The van der Waals surface area contributed by atoms with Crippen molar-refractivity contribution < 1.29 is 22.8 Å². The highest BCUT2D eigenvalue weighted by molar-refractivity contribution is 6.33. The Balaban J connectivity index is 1.56. The van der Waals surface area contributed by atoms with Crippen molar-refractivity contribution in [1.29, 1.82) is 0 Å². The molecule has 0 radical (unpaired) electrons. The van der Waals surface area contributed by atoms with Crippen LogP contribution in [0.5, 0.6) is 0 Å². The average Bonchev–Trinajstić information content (AvgIpc) is 2.67. The number of amides is 2. The molecule has 0 spiro atoms. The smallest absolute Gasteiger partial charge is 0.355 e. The van der Waals surface area contributed by atoms with Crippen LogP contribution in [0.2, 0.25) is 5.02 Å². The predicted octanol–water partition coefficient (Wildman–Crippen LogP) is 2.66. The summed E-state index contributed by atoms with van der Waals surface area (Å²) in [4.78, 5) is 33.4. The number of anilines is 1. The maximum Gasteiger partial charge on any atom is 0.417 e. The Morgan fingerprint density at radius 3 is 2.14 bits per heavy atom. The van der Waals surface area contributed by atoms with Crippen LogP contribution in [0.1, 0.15) is 25.3 Å². The standard InChI is InChI=1S/C18H22ClF3N4O2/c1-12(27)24-6-8-26(9-7-24)17(28)13-2-4-25(5-3-13)16-15(19)10-14(11-23-16)18(20,21)22/h10-11,13H,2-9H2,1H3. The van der Waals surface area contributed by atoms with Gasteiger partial charge in [-0.05, 0) is 18.9 Å². The Bertz CT molecular complexity index is 743. The zero-order chi connectivity index (χ0) is 20.5. The van der Waals surface area contributed by atoms with Crippen molar-refractivity contribution >= 4 is 29.2 Å². The molecule has 10 heteroatoms. The van der Waals surface area contributed by atoms with Crippen LogP contribution in [0.4, 0.5) is 19.0 Å². The monoisotopic (exact) mass is 418 g/mol. The van der Waals surface area contributed by atoms with Gasteiger partial charge in [-0.3, -0.25) is 9.59 Å². The van der Waals surface area contributed by atoms with Gasteiger partial charge in [0, 0.05) is 58.3 Å². The van der Waals surface area contributed by atoms with Crippen LogP contribution in [0.15, 0.2) is 12.3 Å². The molecule has 28 heavy (non-hydrogen) atoms. The van der Waals surface area contributed by atoms with Crippen molar-refractivity contribution in [2.24, 2.45) is 5.92 Å². The van der Waals surface area contributed by atoms with Gasteiger partial charge in [-0.2, -0.15) is 13.2 Å². The number of hydrogen-bond donors (Lipinski definition) is 0. The Morgan fingerprint density at radius 2 is 1.64 bits per heavy atom. The highest BCUT2D eigenvalue weighted by Crippen LogP contribution is 2.34. The second kappa shape index (κ2) is 8.14. The third-order valence-corrected chi connectivity index (χ3v) is 5.61. The minimum Gasteiger partial charge on any atom is -0.355 e. The normalized spacial score (nSPS) is 19.1. The number of aromatic nitrogens is 1. The zero-order valence-corrected chi connectivity index (χ0v) is 16.3. The molecular weight excluding hydrogens is 397 g/mol. The van der Waals surface area contributed by atoms with Crippen LogP contribution in [0.3, 0.4) is 0 Å². The van der Waals surface area contributed by atoms with E-state index in [-0.39, 0.29) is 22.8 Å². The summed E-state index contributed by atoms with van der Waals surface area (Å²) >= 11 is 6.02. The van der Waals surface area contributed by atoms with Gasteiger partial charge >= 0.3 is 6.18 Å². The molecule has 154 valence electrons. The lowest BCUT2D eigenvalue weighted by Crippen LogP contribution is -2.52. The van der Waals surface area contributed by atoms with Crippen LogP contribution >= 0.6 is 11.6 Å². The molecule has 6 nitrogen and oxygen atoms in total. The number of pyridine rings is 1. The van der Waals surface area contributed by atoms with Gasteiger partial charge in [-0.25, -0.2) is 4.98 Å². The fourth-order valence-electron chi connectivity index (χ4n) is 3.66. The van der Waals surface area contributed by atoms with Crippen LogP contribution in [0, 0.1) is 5.92 Å². The molecule has 0 atom stereocenters. The summed E-state index contributed by atoms with van der Waals surface area (Å²) in [5.74, 6) is 0.277. The minimum atomic E-state index is -4.49. The lowest BCUT2D eigenvalue weighted by Gasteiger charge is -2.38. The van der Waals surface area contributed by atoms with Crippen molar-refractivity contribution in [3.63, 3.8) is 0 Å². The first-order valence-corrected chi connectivity index (χ1v) is 9.56. The first-order chi connectivity index (χ1) is 13.2. The van der Waals surface area contributed by atoms with E-state index in [0.717, 1.165) is 12.3 Å². The Kier molecular flexibility index (Phi) is 6.02. The zero-order valence-electron chi connectivity index (χ0n) is 15.5. The summed E-state index contributed by atoms with van der Waals surface area (Å²) in [7, 11) is 0. The van der Waals surface area contributed by atoms with Crippen LogP contribution in [0.25, 0.3) is 0 Å². The summed E-state index contributed by atoms with van der Waals surface area (Å²) in [5, 5.41) is -0.0417. The third-order valence-electron chi connectivity index (χ3n) is 5.33. The lowest BCUT2D eigenvalue weighted by atomic mass is 9.95. The highest BCUT2D eigenvalue weighted by atomic mass is 35.5. The van der Waals surface area contributed by atoms with Gasteiger partial charge < -0.3 is 14.7 Å². The SMILES string of the molecule is CC(=O)N1CCN(C(=O)C2CCN(c3ncc(C(F)(F)F)cc3Cl)CC2)CC1. The summed E-state index contributed by atoms with van der Waals surface area (Å²) in [6, 6.07) is 0.885. The summed E-state index contributed by atoms with van der Waals surface area (Å²) in [5.41, 5.74) is -0.879. The molecule has 0 aliphatic carbocycles. The van der Waals surface area contributed by atoms with E-state index in [1.165, 1.54) is 6.92 Å². The number of piperazine rings is 1. The number of halogens is 4. The van der Waals surface area contributed by atoms with Gasteiger partial charge in [0.2, 0.25) is 11.8 Å². The van der Waals surface area contributed by atoms with Gasteiger partial charge in [0.1, 0.15) is 5.82 Å². The van der Waals surface area contributed by atoms with Crippen molar-refractivity contribution in [3.05, 3.63) is 22.8 Å². The molecule has 1 aromatic heterocycles. The second-order valence-electron chi connectivity index (χ2n) is 7.12. The van der Waals surface area contributed by atoms with E-state index in [2.05, 4.69) is 4.98 Å². The molecule has 2 fully saturated rings. The average molecular weight is 419 g/mol. The molecule has 0 aromatic carbocycles. The van der Waals surface area contributed by atoms with Gasteiger partial charge in [-0.1, -0.05) is 11.6 Å². The van der Waals surface area contributed by atoms with Crippen molar-refractivity contribution in [3.8, 4) is 0 Å². The molecule has 2 saturated heterocycles. The molecule has 0 bridgehead atoms. The molecule has 3 heterocycles. The van der Waals surface area contributed by atoms with E-state index in [9.17, 15) is 22.8 Å². The topological polar surface area (TPSA) is 56.8 Å². The largest absolute Gasteiger partial charge is 0.417 e. The Hall–Kier alpha value is -2.03. The van der Waals surface area contributed by atoms with Crippen LogP contribution in [-0.2, 0) is 15.8 Å². The third kappa shape index (κ3) is 4.51. The predicted molar refractivity (Wildman–Crippen MR) is 98.0 cm³/mol. The Morgan fingerprint density at radius 1 is 1.07 bits per heavy atom. The van der Waals surface area contributed by atoms with Gasteiger partial charge in [0.25, 0.3) is 0 Å². The molecule has 2 aliphatic heterocycles. The first kappa shape index (κ1) is 20.7. The number of carbonyl (C=O) groups excluding carboxylic acids is 2. The maximum atomic E-state index is 12.8. The highest BCUT2D eigenvalue weighted by Gasteiger charge is 2.34. The fraction of sp³-hybridized carbons (Fsp3) is 0.611. The maximum absolute atomic E-state index is 12.8. The lowest BCUT2D eigenvalue weighted by molar-refractivity contribution is -0.141. The molecule has 0 saturated carbocycles. The van der Waals surface area contributed by atoms with Crippen molar-refractivity contribution in [2.75, 3.05) is 44.2 Å². The fourth-order valence-corrected chi connectivity index (χ4v) is 3.94. The van der Waals surface area contributed by atoms with E-state index >= 15 is 0 Å². The molecule has 2 amide bonds. The van der Waals surface area contributed by atoms with E-state index in [1.54, 1.807) is 9.80 Å². The second-order valence-corrected chi connectivity index (χ2v) is 7.53. The quantitative estimate of drug-likeness (QED) is 0.741. The number of carbonyl (C=O) groups is 2. The van der Waals surface area contributed by atoms with Crippen molar-refractivity contribution in [1.82, 2.24) is 14.8 Å². The van der Waals surface area contributed by atoms with Gasteiger partial charge in [0.15, 0.2) is 0 Å². The summed E-state index contributed by atoms with van der Waals surface area (Å²) in [6.07, 6.45) is -2.52. The molecule has 2 aliphatic rings. The minimum absolute atomic E-state index is 0.0151. The molecule has 0 N–H and O–H groups in total. The number of hydrogen-bond acceptors (Lipinski definition) is 4. The molecule has 3 rings (SSSR count). The van der Waals surface area contributed by atoms with Gasteiger partial charge in [-0.15, -0.1) is 0 Å². The van der Waals surface area contributed by atoms with E-state index in [0.29, 0.717) is 57.9 Å². The first-order valence-electron chi connectivity index (χ1n) is 9.19. The number of nitrogens with zero attached hydrogens (tertiary/aromatic N) is 4. The number of piperidine rings is 1.